The molecule has 3 rings (SSSR count). The van der Waals surface area contributed by atoms with Gasteiger partial charge < -0.3 is 19.9 Å². The van der Waals surface area contributed by atoms with Crippen LogP contribution in [0.3, 0.4) is 0 Å². The van der Waals surface area contributed by atoms with Gasteiger partial charge in [-0.3, -0.25) is 9.59 Å². The summed E-state index contributed by atoms with van der Waals surface area (Å²) < 4.78 is 6.82. The lowest BCUT2D eigenvalue weighted by molar-refractivity contribution is -0.122. The van der Waals surface area contributed by atoms with Crippen molar-refractivity contribution >= 4 is 39.9 Å². The first-order chi connectivity index (χ1) is 13.5. The van der Waals surface area contributed by atoms with E-state index in [1.165, 1.54) is 24.1 Å². The Kier molecular flexibility index (Phi) is 7.34. The van der Waals surface area contributed by atoms with Gasteiger partial charge >= 0.3 is 0 Å². The lowest BCUT2D eigenvalue weighted by atomic mass is 10.2. The van der Waals surface area contributed by atoms with Gasteiger partial charge in [0.05, 0.1) is 11.7 Å². The van der Waals surface area contributed by atoms with Crippen LogP contribution in [0.2, 0.25) is 5.02 Å². The molecule has 0 saturated heterocycles. The number of nitrogens with zero attached hydrogens (tertiary/aromatic N) is 3. The van der Waals surface area contributed by atoms with Crippen molar-refractivity contribution in [2.75, 3.05) is 19.0 Å². The Balaban J connectivity index is 0.00000136. The second-order valence-electron chi connectivity index (χ2n) is 5.45. The van der Waals surface area contributed by atoms with Crippen molar-refractivity contribution in [1.29, 1.82) is 0 Å². The minimum absolute atomic E-state index is 0.0980. The number of benzene rings is 1. The van der Waals surface area contributed by atoms with Gasteiger partial charge in [-0.2, -0.15) is 0 Å². The summed E-state index contributed by atoms with van der Waals surface area (Å²) in [6, 6.07) is 7.05. The lowest BCUT2D eigenvalue weighted by Crippen LogP contribution is -2.27. The Labute approximate surface area is 167 Å². The number of fused-ring (bicyclic) bond motifs is 1. The number of likely N-dealkylation sites (N-methyl/N-ethyl adjacent to an activating group) is 1. The van der Waals surface area contributed by atoms with E-state index in [2.05, 4.69) is 20.6 Å². The first-order valence-electron chi connectivity index (χ1n) is 8.69. The number of aryl methyl sites for hydroxylation is 1. The topological polar surface area (TPSA) is 98.1 Å². The summed E-state index contributed by atoms with van der Waals surface area (Å²) in [4.78, 5) is 31.6. The van der Waals surface area contributed by atoms with Crippen molar-refractivity contribution in [2.24, 2.45) is 7.05 Å². The van der Waals surface area contributed by atoms with Gasteiger partial charge in [0.25, 0.3) is 11.5 Å². The molecule has 0 radical (unpaired) electrons. The molecule has 2 heterocycles. The molecule has 2 N–H and O–H groups in total. The molecule has 0 unspecified atom stereocenters. The number of nitrogens with one attached hydrogen (secondary N) is 2. The van der Waals surface area contributed by atoms with E-state index in [0.717, 1.165) is 16.6 Å². The Morgan fingerprint density at radius 1 is 1.29 bits per heavy atom. The van der Waals surface area contributed by atoms with Crippen molar-refractivity contribution in [2.45, 2.75) is 13.8 Å². The monoisotopic (exact) mass is 403 g/mol. The van der Waals surface area contributed by atoms with Gasteiger partial charge in [0.1, 0.15) is 11.3 Å². The van der Waals surface area contributed by atoms with Gasteiger partial charge in [-0.15, -0.1) is 0 Å². The maximum absolute atomic E-state index is 12.4. The first kappa shape index (κ1) is 21.2. The molecule has 148 valence electrons. The summed E-state index contributed by atoms with van der Waals surface area (Å²) in [7, 11) is 3.15. The second kappa shape index (κ2) is 9.70. The Morgan fingerprint density at radius 3 is 2.71 bits per heavy atom. The molecule has 0 aliphatic heterocycles. The summed E-state index contributed by atoms with van der Waals surface area (Å²) in [6.45, 7) is 3.77. The van der Waals surface area contributed by atoms with E-state index in [4.69, 9.17) is 16.3 Å². The van der Waals surface area contributed by atoms with Crippen molar-refractivity contribution in [1.82, 2.24) is 19.9 Å². The van der Waals surface area contributed by atoms with Crippen LogP contribution in [0.25, 0.3) is 10.9 Å². The number of amides is 1. The number of rotatable bonds is 5. The fourth-order valence-corrected chi connectivity index (χ4v) is 2.54. The molecular weight excluding hydrogens is 382 g/mol. The van der Waals surface area contributed by atoms with Crippen molar-refractivity contribution < 1.29 is 9.53 Å². The lowest BCUT2D eigenvalue weighted by Gasteiger charge is -2.12. The number of anilines is 2. The van der Waals surface area contributed by atoms with Crippen molar-refractivity contribution in [3.8, 4) is 5.75 Å². The zero-order chi connectivity index (χ0) is 20.7. The zero-order valence-corrected chi connectivity index (χ0v) is 16.9. The predicted octanol–water partition coefficient (Wildman–Crippen LogP) is 2.88. The highest BCUT2D eigenvalue weighted by molar-refractivity contribution is 6.32. The van der Waals surface area contributed by atoms with Gasteiger partial charge in [0, 0.05) is 25.2 Å². The molecule has 0 spiro atoms. The predicted molar refractivity (Wildman–Crippen MR) is 110 cm³/mol. The SMILES string of the molecule is CC.CNC(=O)COc1cc2cc(Nc3ncncc3Cl)ccc2n(C)c1=O. The Morgan fingerprint density at radius 2 is 2.04 bits per heavy atom. The highest BCUT2D eigenvalue weighted by Gasteiger charge is 2.11. The van der Waals surface area contributed by atoms with Crippen LogP contribution in [0.4, 0.5) is 11.5 Å². The third kappa shape index (κ3) is 4.77. The fraction of sp³-hybridized carbons (Fsp3) is 0.263. The number of hydrogen-bond acceptors (Lipinski definition) is 6. The van der Waals surface area contributed by atoms with Gasteiger partial charge in [-0.25, -0.2) is 9.97 Å². The number of pyridine rings is 1. The molecular formula is C19H22ClN5O3. The normalized spacial score (nSPS) is 10.0. The number of ether oxygens (including phenoxy) is 1. The van der Waals surface area contributed by atoms with Gasteiger partial charge in [0.15, 0.2) is 18.2 Å². The summed E-state index contributed by atoms with van der Waals surface area (Å²) in [5.41, 5.74) is 1.14. The number of hydrogen-bond donors (Lipinski definition) is 2. The highest BCUT2D eigenvalue weighted by Crippen LogP contribution is 2.25. The maximum Gasteiger partial charge on any atom is 0.293 e. The number of carbonyl (C=O) groups excluding carboxylic acids is 1. The van der Waals surface area contributed by atoms with E-state index in [9.17, 15) is 9.59 Å². The van der Waals surface area contributed by atoms with Gasteiger partial charge in [0.2, 0.25) is 0 Å². The van der Waals surface area contributed by atoms with E-state index >= 15 is 0 Å². The van der Waals surface area contributed by atoms with Crippen LogP contribution in [0.5, 0.6) is 5.75 Å². The first-order valence-corrected chi connectivity index (χ1v) is 9.07. The van der Waals surface area contributed by atoms with E-state index in [1.54, 1.807) is 19.2 Å². The number of carbonyl (C=O) groups is 1. The largest absolute Gasteiger partial charge is 0.478 e. The quantitative estimate of drug-likeness (QED) is 0.679. The van der Waals surface area contributed by atoms with Crippen LogP contribution in [-0.4, -0.2) is 34.1 Å². The molecule has 0 fully saturated rings. The summed E-state index contributed by atoms with van der Waals surface area (Å²) in [5.74, 6) is 0.253. The summed E-state index contributed by atoms with van der Waals surface area (Å²) in [5, 5.41) is 6.69. The smallest absolute Gasteiger partial charge is 0.293 e. The molecule has 0 aliphatic carbocycles. The molecule has 8 nitrogen and oxygen atoms in total. The van der Waals surface area contributed by atoms with Crippen LogP contribution in [0.15, 0.2) is 41.6 Å². The molecule has 0 aliphatic rings. The zero-order valence-electron chi connectivity index (χ0n) is 16.1. The van der Waals surface area contributed by atoms with Gasteiger partial charge in [-0.1, -0.05) is 25.4 Å². The third-order valence-electron chi connectivity index (χ3n) is 3.76. The van der Waals surface area contributed by atoms with Crippen LogP contribution in [0.1, 0.15) is 13.8 Å². The molecule has 1 amide bonds. The number of aromatic nitrogens is 3. The molecule has 9 heteroatoms. The van der Waals surface area contributed by atoms with Crippen LogP contribution < -0.4 is 20.9 Å². The van der Waals surface area contributed by atoms with Crippen LogP contribution in [-0.2, 0) is 11.8 Å². The minimum atomic E-state index is -0.319. The molecule has 0 atom stereocenters. The Hall–Kier alpha value is -3.13. The fourth-order valence-electron chi connectivity index (χ4n) is 2.39. The van der Waals surface area contributed by atoms with Crippen LogP contribution >= 0.6 is 11.6 Å². The van der Waals surface area contributed by atoms with Crippen LogP contribution in [0, 0.1) is 0 Å². The average Bonchev–Trinajstić information content (AvgIpc) is 2.72. The average molecular weight is 404 g/mol. The molecule has 0 bridgehead atoms. The third-order valence-corrected chi connectivity index (χ3v) is 4.04. The maximum atomic E-state index is 12.4. The van der Waals surface area contributed by atoms with E-state index < -0.39 is 0 Å². The minimum Gasteiger partial charge on any atom is -0.478 e. The summed E-state index contributed by atoms with van der Waals surface area (Å²) in [6.07, 6.45) is 2.88. The van der Waals surface area contributed by atoms with E-state index in [0.29, 0.717) is 10.8 Å². The molecule has 1 aromatic carbocycles. The van der Waals surface area contributed by atoms with E-state index in [1.807, 2.05) is 26.0 Å². The number of halogens is 1. The molecule has 28 heavy (non-hydrogen) atoms. The van der Waals surface area contributed by atoms with Gasteiger partial charge in [-0.05, 0) is 24.3 Å². The standard InChI is InChI=1S/C17H16ClN5O3.C2H6/c1-19-15(24)8-26-14-6-10-5-11(3-4-13(10)23(2)17(14)25)22-16-12(18)7-20-9-21-16;1-2/h3-7,9H,8H2,1-2H3,(H,19,24)(H,20,21,22);1-2H3. The highest BCUT2D eigenvalue weighted by atomic mass is 35.5. The van der Waals surface area contributed by atoms with E-state index in [-0.39, 0.29) is 23.8 Å². The molecule has 2 aromatic heterocycles. The van der Waals surface area contributed by atoms with Crippen molar-refractivity contribution in [3.05, 3.63) is 52.2 Å². The second-order valence-corrected chi connectivity index (χ2v) is 5.86. The Bertz CT molecular complexity index is 1040. The molecule has 3 aromatic rings. The van der Waals surface area contributed by atoms with Crippen molar-refractivity contribution in [3.63, 3.8) is 0 Å². The summed E-state index contributed by atoms with van der Waals surface area (Å²) >= 11 is 6.06. The molecule has 0 saturated carbocycles.